The van der Waals surface area contributed by atoms with Crippen LogP contribution < -0.4 is 5.32 Å². The maximum atomic E-state index is 13.5. The Morgan fingerprint density at radius 1 is 1.16 bits per heavy atom. The number of hydrogen-bond donors (Lipinski definition) is 1. The molecule has 1 N–H and O–H groups in total. The van der Waals surface area contributed by atoms with Gasteiger partial charge in [-0.3, -0.25) is 14.5 Å². The maximum absolute atomic E-state index is 13.5. The first-order valence-corrected chi connectivity index (χ1v) is 11.5. The number of fused-ring (bicyclic) bond motifs is 1. The lowest BCUT2D eigenvalue weighted by atomic mass is 9.89. The highest BCUT2D eigenvalue weighted by Gasteiger charge is 2.59. The third-order valence-electron chi connectivity index (χ3n) is 7.37. The van der Waals surface area contributed by atoms with Crippen LogP contribution in [0.4, 0.5) is 14.5 Å². The van der Waals surface area contributed by atoms with Crippen LogP contribution in [0, 0.1) is 17.8 Å². The highest BCUT2D eigenvalue weighted by atomic mass is 19.3. The third kappa shape index (κ3) is 5.05. The second-order valence-corrected chi connectivity index (χ2v) is 9.47. The second-order valence-electron chi connectivity index (χ2n) is 9.47. The predicted molar refractivity (Wildman–Crippen MR) is 117 cm³/mol. The number of Topliss-reactive ketones (excluding diaryl/α,β-unsaturated/α-hetero) is 1. The Labute approximate surface area is 183 Å². The van der Waals surface area contributed by atoms with Crippen molar-refractivity contribution in [1.82, 2.24) is 4.90 Å². The summed E-state index contributed by atoms with van der Waals surface area (Å²) in [6, 6.07) is 6.35. The molecule has 4 nitrogen and oxygen atoms in total. The summed E-state index contributed by atoms with van der Waals surface area (Å²) in [6.45, 7) is 4.98. The van der Waals surface area contributed by atoms with Crippen molar-refractivity contribution in [3.63, 3.8) is 0 Å². The van der Waals surface area contributed by atoms with Gasteiger partial charge in [0.1, 0.15) is 5.78 Å². The SMILES string of the molecule is CC=C1CCC(N2C[C@@H]3C(C(=O)CCC(=O)Nc4cccc(C(C)(F)F)c4)[C@@H]3C2)CC1. The lowest BCUT2D eigenvalue weighted by Crippen LogP contribution is -2.38. The van der Waals surface area contributed by atoms with E-state index in [1.807, 2.05) is 0 Å². The summed E-state index contributed by atoms with van der Waals surface area (Å²) in [4.78, 5) is 27.4. The number of halogens is 2. The van der Waals surface area contributed by atoms with Crippen LogP contribution in [0.15, 0.2) is 35.9 Å². The van der Waals surface area contributed by atoms with E-state index in [1.165, 1.54) is 43.9 Å². The van der Waals surface area contributed by atoms with Crippen LogP contribution in [0.2, 0.25) is 0 Å². The van der Waals surface area contributed by atoms with Gasteiger partial charge in [-0.15, -0.1) is 0 Å². The van der Waals surface area contributed by atoms with Crippen molar-refractivity contribution in [2.24, 2.45) is 17.8 Å². The summed E-state index contributed by atoms with van der Waals surface area (Å²) >= 11 is 0. The molecule has 0 aromatic heterocycles. The minimum absolute atomic E-state index is 0.0972. The number of ketones is 1. The van der Waals surface area contributed by atoms with Crippen LogP contribution in [0.5, 0.6) is 0 Å². The van der Waals surface area contributed by atoms with Crippen LogP contribution in [-0.4, -0.2) is 35.7 Å². The van der Waals surface area contributed by atoms with E-state index in [-0.39, 0.29) is 36.0 Å². The number of likely N-dealkylation sites (tertiary alicyclic amines) is 1. The Balaban J connectivity index is 1.20. The number of rotatable bonds is 7. The summed E-state index contributed by atoms with van der Waals surface area (Å²) in [7, 11) is 0. The van der Waals surface area contributed by atoms with Crippen molar-refractivity contribution >= 4 is 17.4 Å². The molecular weight excluding hydrogens is 398 g/mol. The van der Waals surface area contributed by atoms with Gasteiger partial charge in [-0.05, 0) is 56.6 Å². The van der Waals surface area contributed by atoms with Gasteiger partial charge in [0.25, 0.3) is 5.92 Å². The molecule has 1 amide bonds. The van der Waals surface area contributed by atoms with E-state index >= 15 is 0 Å². The van der Waals surface area contributed by atoms with E-state index < -0.39 is 5.92 Å². The summed E-state index contributed by atoms with van der Waals surface area (Å²) in [5, 5.41) is 2.64. The average Bonchev–Trinajstić information content (AvgIpc) is 3.25. The number of amides is 1. The maximum Gasteiger partial charge on any atom is 0.270 e. The van der Waals surface area contributed by atoms with E-state index in [2.05, 4.69) is 23.2 Å². The van der Waals surface area contributed by atoms with Gasteiger partial charge in [0.15, 0.2) is 0 Å². The van der Waals surface area contributed by atoms with Crippen LogP contribution in [0.25, 0.3) is 0 Å². The molecule has 1 unspecified atom stereocenters. The zero-order valence-corrected chi connectivity index (χ0v) is 18.4. The summed E-state index contributed by atoms with van der Waals surface area (Å²) in [6.07, 6.45) is 7.41. The molecule has 6 heteroatoms. The zero-order valence-electron chi connectivity index (χ0n) is 18.4. The fourth-order valence-electron chi connectivity index (χ4n) is 5.46. The fourth-order valence-corrected chi connectivity index (χ4v) is 5.46. The van der Waals surface area contributed by atoms with Gasteiger partial charge in [-0.25, -0.2) is 8.78 Å². The number of piperidine rings is 1. The summed E-state index contributed by atoms with van der Waals surface area (Å²) in [5.74, 6) is -2.05. The number of nitrogens with one attached hydrogen (secondary N) is 1. The second kappa shape index (κ2) is 8.81. The average molecular weight is 431 g/mol. The van der Waals surface area contributed by atoms with Gasteiger partial charge < -0.3 is 5.32 Å². The quantitative estimate of drug-likeness (QED) is 0.609. The molecule has 4 rings (SSSR count). The number of carbonyl (C=O) groups excluding carboxylic acids is 2. The largest absolute Gasteiger partial charge is 0.326 e. The van der Waals surface area contributed by atoms with E-state index in [9.17, 15) is 18.4 Å². The highest BCUT2D eigenvalue weighted by Crippen LogP contribution is 2.53. The van der Waals surface area contributed by atoms with Gasteiger partial charge in [-0.2, -0.15) is 0 Å². The van der Waals surface area contributed by atoms with Crippen molar-refractivity contribution < 1.29 is 18.4 Å². The van der Waals surface area contributed by atoms with Gasteiger partial charge in [0.05, 0.1) is 0 Å². The Kier molecular flexibility index (Phi) is 6.29. The van der Waals surface area contributed by atoms with Crippen molar-refractivity contribution in [1.29, 1.82) is 0 Å². The minimum atomic E-state index is -2.96. The lowest BCUT2D eigenvalue weighted by Gasteiger charge is -2.33. The fraction of sp³-hybridized carbons (Fsp3) is 0.600. The summed E-state index contributed by atoms with van der Waals surface area (Å²) < 4.78 is 26.9. The molecule has 31 heavy (non-hydrogen) atoms. The minimum Gasteiger partial charge on any atom is -0.326 e. The molecule has 0 bridgehead atoms. The highest BCUT2D eigenvalue weighted by molar-refractivity contribution is 5.94. The molecular formula is C25H32F2N2O2. The molecule has 3 fully saturated rings. The number of alkyl halides is 2. The Bertz CT molecular complexity index is 855. The standard InChI is InChI=1S/C25H32F2N2O2/c1-3-16-7-9-19(10-8-16)29-14-20-21(15-29)24(20)22(30)11-12-23(31)28-18-6-4-5-17(13-18)25(2,26)27/h3-6,13,19-21,24H,7-12,14-15H2,1-2H3,(H,28,31)/t19?,20-,21+,24?. The molecule has 1 aliphatic heterocycles. The number of hydrogen-bond acceptors (Lipinski definition) is 3. The molecule has 1 heterocycles. The molecule has 0 spiro atoms. The Morgan fingerprint density at radius 2 is 1.84 bits per heavy atom. The molecule has 3 aliphatic rings. The molecule has 2 saturated carbocycles. The Morgan fingerprint density at radius 3 is 2.45 bits per heavy atom. The van der Waals surface area contributed by atoms with E-state index in [1.54, 1.807) is 11.6 Å². The molecule has 2 aliphatic carbocycles. The van der Waals surface area contributed by atoms with E-state index in [4.69, 9.17) is 0 Å². The smallest absolute Gasteiger partial charge is 0.270 e. The third-order valence-corrected chi connectivity index (χ3v) is 7.37. The first kappa shape index (κ1) is 22.1. The number of anilines is 1. The lowest BCUT2D eigenvalue weighted by molar-refractivity contribution is -0.124. The normalized spacial score (nSPS) is 28.2. The molecule has 1 saturated heterocycles. The van der Waals surface area contributed by atoms with Gasteiger partial charge >= 0.3 is 0 Å². The van der Waals surface area contributed by atoms with Crippen molar-refractivity contribution in [2.75, 3.05) is 18.4 Å². The van der Waals surface area contributed by atoms with E-state index in [0.717, 1.165) is 20.0 Å². The molecule has 0 radical (unpaired) electrons. The van der Waals surface area contributed by atoms with Crippen LogP contribution in [-0.2, 0) is 15.5 Å². The zero-order chi connectivity index (χ0) is 22.2. The van der Waals surface area contributed by atoms with Crippen LogP contribution >= 0.6 is 0 Å². The van der Waals surface area contributed by atoms with Crippen molar-refractivity contribution in [3.05, 3.63) is 41.5 Å². The topological polar surface area (TPSA) is 49.4 Å². The molecule has 3 atom stereocenters. The van der Waals surface area contributed by atoms with Crippen molar-refractivity contribution in [3.8, 4) is 0 Å². The summed E-state index contributed by atoms with van der Waals surface area (Å²) in [5.41, 5.74) is 1.77. The first-order valence-electron chi connectivity index (χ1n) is 11.5. The predicted octanol–water partition coefficient (Wildman–Crippen LogP) is 5.15. The van der Waals surface area contributed by atoms with Gasteiger partial charge in [-0.1, -0.05) is 23.8 Å². The Hall–Kier alpha value is -2.08. The monoisotopic (exact) mass is 430 g/mol. The molecule has 1 aromatic carbocycles. The van der Waals surface area contributed by atoms with E-state index in [0.29, 0.717) is 23.6 Å². The van der Waals surface area contributed by atoms with Crippen molar-refractivity contribution in [2.45, 2.75) is 64.3 Å². The van der Waals surface area contributed by atoms with Gasteiger partial charge in [0.2, 0.25) is 5.91 Å². The number of nitrogens with zero attached hydrogens (tertiary/aromatic N) is 1. The van der Waals surface area contributed by atoms with Crippen LogP contribution in [0.3, 0.4) is 0 Å². The number of benzene rings is 1. The number of allylic oxidation sites excluding steroid dienone is 2. The van der Waals surface area contributed by atoms with Crippen LogP contribution in [0.1, 0.15) is 57.9 Å². The molecule has 168 valence electrons. The number of carbonyl (C=O) groups is 2. The van der Waals surface area contributed by atoms with Gasteiger partial charge in [0, 0.05) is 56.1 Å². The first-order chi connectivity index (χ1) is 14.8. The molecule has 1 aromatic rings.